The molecule has 0 aliphatic rings. The predicted octanol–water partition coefficient (Wildman–Crippen LogP) is 3.47. The average Bonchev–Trinajstić information content (AvgIpc) is 2.33. The van der Waals surface area contributed by atoms with Crippen molar-refractivity contribution in [1.29, 1.82) is 0 Å². The minimum absolute atomic E-state index is 0.0140. The van der Waals surface area contributed by atoms with E-state index in [-0.39, 0.29) is 10.9 Å². The second-order valence-corrected chi connectivity index (χ2v) is 3.67. The summed E-state index contributed by atoms with van der Waals surface area (Å²) >= 11 is 0. The molecular formula is C12H11F3N2. The molecule has 0 saturated carbocycles. The van der Waals surface area contributed by atoms with Crippen LogP contribution in [0.4, 0.5) is 18.9 Å². The highest BCUT2D eigenvalue weighted by atomic mass is 19.2. The lowest BCUT2D eigenvalue weighted by molar-refractivity contribution is 0.453. The van der Waals surface area contributed by atoms with Gasteiger partial charge in [0.2, 0.25) is 0 Å². The fraction of sp³-hybridized carbons (Fsp3) is 0.250. The van der Waals surface area contributed by atoms with Gasteiger partial charge in [0, 0.05) is 24.5 Å². The van der Waals surface area contributed by atoms with Crippen molar-refractivity contribution in [3.8, 4) is 0 Å². The zero-order valence-corrected chi connectivity index (χ0v) is 9.23. The second kappa shape index (κ2) is 4.61. The van der Waals surface area contributed by atoms with E-state index in [9.17, 15) is 13.2 Å². The summed E-state index contributed by atoms with van der Waals surface area (Å²) in [4.78, 5) is 3.83. The van der Waals surface area contributed by atoms with Gasteiger partial charge in [-0.15, -0.1) is 0 Å². The number of fused-ring (bicyclic) bond motifs is 1. The van der Waals surface area contributed by atoms with Crippen LogP contribution in [0.1, 0.15) is 13.3 Å². The maximum atomic E-state index is 13.7. The van der Waals surface area contributed by atoms with Crippen LogP contribution in [-0.4, -0.2) is 11.5 Å². The van der Waals surface area contributed by atoms with E-state index in [1.807, 2.05) is 6.92 Å². The Kier molecular flexibility index (Phi) is 3.17. The summed E-state index contributed by atoms with van der Waals surface area (Å²) in [6.07, 6.45) is 2.27. The van der Waals surface area contributed by atoms with Gasteiger partial charge >= 0.3 is 0 Å². The summed E-state index contributed by atoms with van der Waals surface area (Å²) in [5.74, 6) is -3.90. The zero-order valence-electron chi connectivity index (χ0n) is 9.23. The minimum atomic E-state index is -1.47. The minimum Gasteiger partial charge on any atom is -0.384 e. The molecule has 0 aliphatic heterocycles. The Morgan fingerprint density at radius 1 is 1.24 bits per heavy atom. The van der Waals surface area contributed by atoms with Gasteiger partial charge in [0.1, 0.15) is 0 Å². The molecule has 1 heterocycles. The number of anilines is 1. The van der Waals surface area contributed by atoms with Crippen LogP contribution in [0.15, 0.2) is 18.3 Å². The van der Waals surface area contributed by atoms with Crippen LogP contribution in [-0.2, 0) is 0 Å². The Balaban J connectivity index is 2.66. The first-order valence-corrected chi connectivity index (χ1v) is 5.31. The summed E-state index contributed by atoms with van der Waals surface area (Å²) in [7, 11) is 0. The first kappa shape index (κ1) is 11.7. The third-order valence-electron chi connectivity index (χ3n) is 2.43. The van der Waals surface area contributed by atoms with Gasteiger partial charge in [0.05, 0.1) is 10.9 Å². The lowest BCUT2D eigenvalue weighted by atomic mass is 10.1. The fourth-order valence-corrected chi connectivity index (χ4v) is 1.62. The van der Waals surface area contributed by atoms with E-state index in [4.69, 9.17) is 0 Å². The quantitative estimate of drug-likeness (QED) is 0.831. The Morgan fingerprint density at radius 3 is 2.71 bits per heavy atom. The molecule has 1 aromatic heterocycles. The van der Waals surface area contributed by atoms with Gasteiger partial charge in [-0.05, 0) is 12.5 Å². The number of nitrogens with zero attached hydrogens (tertiary/aromatic N) is 1. The van der Waals surface area contributed by atoms with Crippen LogP contribution in [0.5, 0.6) is 0 Å². The summed E-state index contributed by atoms with van der Waals surface area (Å²) < 4.78 is 39.8. The molecule has 0 bridgehead atoms. The van der Waals surface area contributed by atoms with E-state index in [1.165, 1.54) is 6.20 Å². The van der Waals surface area contributed by atoms with Gasteiger partial charge in [-0.2, -0.15) is 0 Å². The first-order chi connectivity index (χ1) is 8.15. The summed E-state index contributed by atoms with van der Waals surface area (Å²) in [5.41, 5.74) is 0.524. The molecule has 0 amide bonds. The van der Waals surface area contributed by atoms with Crippen LogP contribution in [0.2, 0.25) is 0 Å². The number of hydrogen-bond acceptors (Lipinski definition) is 2. The number of halogens is 3. The lowest BCUT2D eigenvalue weighted by Gasteiger charge is -2.09. The molecule has 2 aromatic rings. The van der Waals surface area contributed by atoms with Gasteiger partial charge in [-0.1, -0.05) is 6.92 Å². The largest absolute Gasteiger partial charge is 0.384 e. The fourth-order valence-electron chi connectivity index (χ4n) is 1.62. The SMILES string of the molecule is CCCNc1ccnc2cc(F)c(F)c(F)c12. The topological polar surface area (TPSA) is 24.9 Å². The Morgan fingerprint density at radius 2 is 2.00 bits per heavy atom. The number of aromatic nitrogens is 1. The monoisotopic (exact) mass is 240 g/mol. The molecule has 0 atom stereocenters. The Bertz CT molecular complexity index is 555. The van der Waals surface area contributed by atoms with Crippen molar-refractivity contribution < 1.29 is 13.2 Å². The van der Waals surface area contributed by atoms with E-state index < -0.39 is 17.5 Å². The van der Waals surface area contributed by atoms with Crippen LogP contribution in [0, 0.1) is 17.5 Å². The van der Waals surface area contributed by atoms with Crippen LogP contribution >= 0.6 is 0 Å². The van der Waals surface area contributed by atoms with Gasteiger partial charge in [-0.3, -0.25) is 4.98 Å². The number of benzene rings is 1. The van der Waals surface area contributed by atoms with Crippen LogP contribution in [0.3, 0.4) is 0 Å². The molecule has 0 spiro atoms. The molecule has 90 valence electrons. The van der Waals surface area contributed by atoms with Gasteiger partial charge in [0.25, 0.3) is 0 Å². The summed E-state index contributed by atoms with van der Waals surface area (Å²) in [6, 6.07) is 2.43. The van der Waals surface area contributed by atoms with Crippen molar-refractivity contribution in [3.63, 3.8) is 0 Å². The smallest absolute Gasteiger partial charge is 0.195 e. The van der Waals surface area contributed by atoms with Crippen molar-refractivity contribution in [2.45, 2.75) is 13.3 Å². The van der Waals surface area contributed by atoms with Crippen LogP contribution in [0.25, 0.3) is 10.9 Å². The molecule has 1 aromatic carbocycles. The predicted molar refractivity (Wildman–Crippen MR) is 60.4 cm³/mol. The lowest BCUT2D eigenvalue weighted by Crippen LogP contribution is -2.03. The van der Waals surface area contributed by atoms with Crippen molar-refractivity contribution in [1.82, 2.24) is 4.98 Å². The highest BCUT2D eigenvalue weighted by Gasteiger charge is 2.16. The summed E-state index contributed by atoms with van der Waals surface area (Å²) in [5, 5.41) is 2.94. The summed E-state index contributed by atoms with van der Waals surface area (Å²) in [6.45, 7) is 2.57. The highest BCUT2D eigenvalue weighted by Crippen LogP contribution is 2.27. The molecular weight excluding hydrogens is 229 g/mol. The molecule has 5 heteroatoms. The van der Waals surface area contributed by atoms with Gasteiger partial charge in [-0.25, -0.2) is 13.2 Å². The third-order valence-corrected chi connectivity index (χ3v) is 2.43. The molecule has 2 rings (SSSR count). The van der Waals surface area contributed by atoms with Crippen molar-refractivity contribution in [2.75, 3.05) is 11.9 Å². The van der Waals surface area contributed by atoms with E-state index in [0.29, 0.717) is 12.2 Å². The van der Waals surface area contributed by atoms with Crippen LogP contribution < -0.4 is 5.32 Å². The molecule has 0 aliphatic carbocycles. The molecule has 1 N–H and O–H groups in total. The van der Waals surface area contributed by atoms with E-state index >= 15 is 0 Å². The van der Waals surface area contributed by atoms with Gasteiger partial charge in [0.15, 0.2) is 17.5 Å². The Labute approximate surface area is 96.5 Å². The normalized spacial score (nSPS) is 10.8. The Hall–Kier alpha value is -1.78. The van der Waals surface area contributed by atoms with E-state index in [2.05, 4.69) is 10.3 Å². The number of rotatable bonds is 3. The highest BCUT2D eigenvalue weighted by molar-refractivity contribution is 5.91. The molecule has 17 heavy (non-hydrogen) atoms. The van der Waals surface area contributed by atoms with Crippen molar-refractivity contribution >= 4 is 16.6 Å². The molecule has 0 radical (unpaired) electrons. The molecule has 0 saturated heterocycles. The molecule has 0 unspecified atom stereocenters. The van der Waals surface area contributed by atoms with Gasteiger partial charge < -0.3 is 5.32 Å². The van der Waals surface area contributed by atoms with Crippen molar-refractivity contribution in [2.24, 2.45) is 0 Å². The van der Waals surface area contributed by atoms with Crippen molar-refractivity contribution in [3.05, 3.63) is 35.8 Å². The number of nitrogens with one attached hydrogen (secondary N) is 1. The number of hydrogen-bond donors (Lipinski definition) is 1. The second-order valence-electron chi connectivity index (χ2n) is 3.67. The zero-order chi connectivity index (χ0) is 12.4. The third kappa shape index (κ3) is 2.05. The maximum absolute atomic E-state index is 13.7. The van der Waals surface area contributed by atoms with E-state index in [0.717, 1.165) is 12.5 Å². The maximum Gasteiger partial charge on any atom is 0.195 e. The standard InChI is InChI=1S/C12H11F3N2/c1-2-4-16-8-3-5-17-9-6-7(13)11(14)12(15)10(8)9/h3,5-6H,2,4H2,1H3,(H,16,17). The van der Waals surface area contributed by atoms with E-state index in [1.54, 1.807) is 6.07 Å². The molecule has 0 fully saturated rings. The average molecular weight is 240 g/mol. The number of pyridine rings is 1. The first-order valence-electron chi connectivity index (χ1n) is 5.31. The molecule has 2 nitrogen and oxygen atoms in total.